The van der Waals surface area contributed by atoms with Crippen LogP contribution in [0.25, 0.3) is 0 Å². The highest BCUT2D eigenvalue weighted by atomic mass is 79.9. The zero-order chi connectivity index (χ0) is 10.2. The van der Waals surface area contributed by atoms with Crippen LogP contribution in [0.5, 0.6) is 0 Å². The van der Waals surface area contributed by atoms with Crippen LogP contribution in [-0.4, -0.2) is 11.2 Å². The smallest absolute Gasteiger partial charge is 0.0578 e. The molecule has 0 spiro atoms. The standard InChI is InChI=1S/C12H15BrO/c13-10-4-7-12(14)9-8-11-5-2-1-3-6-11/h1-6,10,12,14H,7-9H2/b10-4-. The van der Waals surface area contributed by atoms with Crippen LogP contribution in [-0.2, 0) is 6.42 Å². The maximum atomic E-state index is 9.57. The van der Waals surface area contributed by atoms with Crippen molar-refractivity contribution < 1.29 is 5.11 Å². The summed E-state index contributed by atoms with van der Waals surface area (Å²) in [7, 11) is 0. The molecule has 0 aliphatic rings. The van der Waals surface area contributed by atoms with Crippen molar-refractivity contribution in [3.05, 3.63) is 47.0 Å². The lowest BCUT2D eigenvalue weighted by molar-refractivity contribution is 0.168. The molecule has 14 heavy (non-hydrogen) atoms. The first-order valence-corrected chi connectivity index (χ1v) is 5.71. The minimum atomic E-state index is -0.232. The molecule has 0 fully saturated rings. The normalized spacial score (nSPS) is 13.3. The van der Waals surface area contributed by atoms with Gasteiger partial charge in [0, 0.05) is 0 Å². The molecule has 1 nitrogen and oxygen atoms in total. The van der Waals surface area contributed by atoms with Crippen LogP contribution in [0.15, 0.2) is 41.4 Å². The minimum absolute atomic E-state index is 0.232. The molecule has 0 bridgehead atoms. The molecule has 0 saturated carbocycles. The van der Waals surface area contributed by atoms with E-state index in [2.05, 4.69) is 28.1 Å². The topological polar surface area (TPSA) is 20.2 Å². The Morgan fingerprint density at radius 1 is 1.29 bits per heavy atom. The SMILES string of the molecule is OC(C/C=C\Br)CCc1ccccc1. The van der Waals surface area contributed by atoms with Crippen molar-refractivity contribution >= 4 is 15.9 Å². The number of halogens is 1. The lowest BCUT2D eigenvalue weighted by Crippen LogP contribution is -2.06. The Morgan fingerprint density at radius 3 is 2.64 bits per heavy atom. The number of aliphatic hydroxyl groups is 1. The van der Waals surface area contributed by atoms with E-state index < -0.39 is 0 Å². The van der Waals surface area contributed by atoms with Gasteiger partial charge < -0.3 is 5.11 Å². The fourth-order valence-electron chi connectivity index (χ4n) is 1.30. The summed E-state index contributed by atoms with van der Waals surface area (Å²) < 4.78 is 0. The zero-order valence-electron chi connectivity index (χ0n) is 8.07. The third kappa shape index (κ3) is 4.58. The van der Waals surface area contributed by atoms with Gasteiger partial charge in [0.2, 0.25) is 0 Å². The molecular formula is C12H15BrO. The minimum Gasteiger partial charge on any atom is -0.393 e. The molecule has 0 saturated heterocycles. The Labute approximate surface area is 93.6 Å². The first-order chi connectivity index (χ1) is 6.83. The van der Waals surface area contributed by atoms with E-state index in [1.165, 1.54) is 5.56 Å². The summed E-state index contributed by atoms with van der Waals surface area (Å²) in [5.41, 5.74) is 1.29. The van der Waals surface area contributed by atoms with Crippen molar-refractivity contribution in [2.45, 2.75) is 25.4 Å². The molecule has 1 unspecified atom stereocenters. The maximum absolute atomic E-state index is 9.57. The third-order valence-electron chi connectivity index (χ3n) is 2.11. The Hall–Kier alpha value is -0.600. The second kappa shape index (κ2) is 6.80. The molecule has 1 aromatic rings. The van der Waals surface area contributed by atoms with E-state index in [0.29, 0.717) is 0 Å². The number of hydrogen-bond donors (Lipinski definition) is 1. The second-order valence-electron chi connectivity index (χ2n) is 3.28. The summed E-state index contributed by atoms with van der Waals surface area (Å²) in [5.74, 6) is 0. The van der Waals surface area contributed by atoms with E-state index >= 15 is 0 Å². The molecule has 1 N–H and O–H groups in total. The third-order valence-corrected chi connectivity index (χ3v) is 2.48. The van der Waals surface area contributed by atoms with Gasteiger partial charge in [-0.2, -0.15) is 0 Å². The second-order valence-corrected chi connectivity index (χ2v) is 3.80. The van der Waals surface area contributed by atoms with E-state index in [-0.39, 0.29) is 6.10 Å². The molecule has 0 aliphatic carbocycles. The predicted octanol–water partition coefficient (Wildman–Crippen LogP) is 3.28. The first kappa shape index (κ1) is 11.5. The molecule has 0 radical (unpaired) electrons. The van der Waals surface area contributed by atoms with Gasteiger partial charge in [-0.3, -0.25) is 0 Å². The molecule has 0 aliphatic heterocycles. The highest BCUT2D eigenvalue weighted by Crippen LogP contribution is 2.07. The summed E-state index contributed by atoms with van der Waals surface area (Å²) >= 11 is 3.18. The molecule has 2 heteroatoms. The van der Waals surface area contributed by atoms with Gasteiger partial charge in [-0.05, 0) is 29.8 Å². The van der Waals surface area contributed by atoms with Gasteiger partial charge in [0.25, 0.3) is 0 Å². The number of benzene rings is 1. The van der Waals surface area contributed by atoms with Gasteiger partial charge in [-0.15, -0.1) is 0 Å². The molecule has 1 aromatic carbocycles. The van der Waals surface area contributed by atoms with Crippen molar-refractivity contribution in [3.8, 4) is 0 Å². The van der Waals surface area contributed by atoms with Crippen LogP contribution < -0.4 is 0 Å². The van der Waals surface area contributed by atoms with Crippen LogP contribution in [0.3, 0.4) is 0 Å². The van der Waals surface area contributed by atoms with Crippen LogP contribution in [0.1, 0.15) is 18.4 Å². The Kier molecular flexibility index (Phi) is 5.57. The van der Waals surface area contributed by atoms with E-state index in [1.807, 2.05) is 24.3 Å². The molecule has 1 rings (SSSR count). The number of aryl methyl sites for hydroxylation is 1. The number of aliphatic hydroxyl groups excluding tert-OH is 1. The first-order valence-electron chi connectivity index (χ1n) is 4.80. The highest BCUT2D eigenvalue weighted by molar-refractivity contribution is 9.11. The quantitative estimate of drug-likeness (QED) is 0.856. The summed E-state index contributed by atoms with van der Waals surface area (Å²) in [6, 6.07) is 10.2. The average Bonchev–Trinajstić information content (AvgIpc) is 2.25. The van der Waals surface area contributed by atoms with Crippen LogP contribution in [0.2, 0.25) is 0 Å². The monoisotopic (exact) mass is 254 g/mol. The van der Waals surface area contributed by atoms with E-state index in [1.54, 1.807) is 4.99 Å². The van der Waals surface area contributed by atoms with Crippen LogP contribution >= 0.6 is 15.9 Å². The zero-order valence-corrected chi connectivity index (χ0v) is 9.65. The Bertz CT molecular complexity index is 269. The lowest BCUT2D eigenvalue weighted by Gasteiger charge is -2.07. The van der Waals surface area contributed by atoms with Gasteiger partial charge >= 0.3 is 0 Å². The molecular weight excluding hydrogens is 240 g/mol. The highest BCUT2D eigenvalue weighted by Gasteiger charge is 2.01. The Morgan fingerprint density at radius 2 is 2.00 bits per heavy atom. The van der Waals surface area contributed by atoms with Gasteiger partial charge in [-0.1, -0.05) is 52.3 Å². The summed E-state index contributed by atoms with van der Waals surface area (Å²) in [5, 5.41) is 9.57. The lowest BCUT2D eigenvalue weighted by atomic mass is 10.1. The summed E-state index contributed by atoms with van der Waals surface area (Å²) in [4.78, 5) is 1.79. The van der Waals surface area contributed by atoms with Crippen molar-refractivity contribution in [2.24, 2.45) is 0 Å². The molecule has 0 aromatic heterocycles. The van der Waals surface area contributed by atoms with Crippen LogP contribution in [0, 0.1) is 0 Å². The Balaban J connectivity index is 2.27. The van der Waals surface area contributed by atoms with Gasteiger partial charge in [-0.25, -0.2) is 0 Å². The molecule has 76 valence electrons. The molecule has 1 atom stereocenters. The predicted molar refractivity (Wildman–Crippen MR) is 63.5 cm³/mol. The van der Waals surface area contributed by atoms with Crippen molar-refractivity contribution in [1.82, 2.24) is 0 Å². The largest absolute Gasteiger partial charge is 0.393 e. The average molecular weight is 255 g/mol. The van der Waals surface area contributed by atoms with E-state index in [0.717, 1.165) is 19.3 Å². The maximum Gasteiger partial charge on any atom is 0.0578 e. The fourth-order valence-corrected chi connectivity index (χ4v) is 1.52. The molecule has 0 heterocycles. The summed E-state index contributed by atoms with van der Waals surface area (Å²) in [6.07, 6.45) is 4.18. The number of hydrogen-bond acceptors (Lipinski definition) is 1. The van der Waals surface area contributed by atoms with Gasteiger partial charge in [0.05, 0.1) is 6.10 Å². The van der Waals surface area contributed by atoms with E-state index in [9.17, 15) is 5.11 Å². The van der Waals surface area contributed by atoms with Crippen molar-refractivity contribution in [3.63, 3.8) is 0 Å². The van der Waals surface area contributed by atoms with Gasteiger partial charge in [0.15, 0.2) is 0 Å². The summed E-state index contributed by atoms with van der Waals surface area (Å²) in [6.45, 7) is 0. The number of rotatable bonds is 5. The molecule has 0 amide bonds. The van der Waals surface area contributed by atoms with Gasteiger partial charge in [0.1, 0.15) is 0 Å². The van der Waals surface area contributed by atoms with Crippen molar-refractivity contribution in [1.29, 1.82) is 0 Å². The van der Waals surface area contributed by atoms with Crippen molar-refractivity contribution in [2.75, 3.05) is 0 Å². The van der Waals surface area contributed by atoms with E-state index in [4.69, 9.17) is 0 Å². The fraction of sp³-hybridized carbons (Fsp3) is 0.333. The van der Waals surface area contributed by atoms with Crippen LogP contribution in [0.4, 0.5) is 0 Å².